The van der Waals surface area contributed by atoms with Crippen LogP contribution in [0.25, 0.3) is 0 Å². The lowest BCUT2D eigenvalue weighted by Gasteiger charge is -2.31. The predicted octanol–water partition coefficient (Wildman–Crippen LogP) is 4.38. The standard InChI is InChI=1S/C27H43BrN8O4S/c1-4-5-6-7-8-9-10-11-24(38)29-14-17-41(39,40)36-15-12-21(13-16-36)32-27-30-18-22(28)26(34-27)33-23-19-31-35(3)25(23)20(2)37/h18-19,21H,4-17H2,1-3H3,(H,29,38)(H2,30,32,33,34). The van der Waals surface area contributed by atoms with Crippen molar-refractivity contribution < 1.29 is 18.0 Å². The highest BCUT2D eigenvalue weighted by molar-refractivity contribution is 9.10. The molecule has 12 nitrogen and oxygen atoms in total. The van der Waals surface area contributed by atoms with Gasteiger partial charge in [0, 0.05) is 52.3 Å². The average Bonchev–Trinajstić information content (AvgIpc) is 3.30. The minimum Gasteiger partial charge on any atom is -0.355 e. The predicted molar refractivity (Wildman–Crippen MR) is 164 cm³/mol. The minimum absolute atomic E-state index is 0.00308. The molecular weight excluding hydrogens is 612 g/mol. The summed E-state index contributed by atoms with van der Waals surface area (Å²) in [6.07, 6.45) is 12.8. The van der Waals surface area contributed by atoms with E-state index in [0.29, 0.717) is 60.0 Å². The van der Waals surface area contributed by atoms with Gasteiger partial charge in [-0.15, -0.1) is 0 Å². The first-order chi connectivity index (χ1) is 19.6. The number of aryl methyl sites for hydroxylation is 1. The number of carbonyl (C=O) groups excluding carboxylic acids is 2. The van der Waals surface area contributed by atoms with Crippen LogP contribution >= 0.6 is 15.9 Å². The molecule has 1 fully saturated rings. The van der Waals surface area contributed by atoms with Crippen molar-refractivity contribution in [3.63, 3.8) is 0 Å². The van der Waals surface area contributed by atoms with Crippen LogP contribution in [0.15, 0.2) is 16.9 Å². The summed E-state index contributed by atoms with van der Waals surface area (Å²) in [7, 11) is -1.76. The van der Waals surface area contributed by atoms with Gasteiger partial charge in [-0.2, -0.15) is 10.1 Å². The van der Waals surface area contributed by atoms with Gasteiger partial charge in [-0.25, -0.2) is 17.7 Å². The maximum absolute atomic E-state index is 12.8. The molecule has 14 heteroatoms. The third-order valence-corrected chi connectivity index (χ3v) is 9.59. The Hall–Kier alpha value is -2.58. The Bertz CT molecular complexity index is 1260. The number of nitrogens with zero attached hydrogens (tertiary/aromatic N) is 5. The van der Waals surface area contributed by atoms with Crippen molar-refractivity contribution in [2.45, 2.75) is 84.1 Å². The number of aromatic nitrogens is 4. The Morgan fingerprint density at radius 2 is 1.76 bits per heavy atom. The molecule has 3 N–H and O–H groups in total. The van der Waals surface area contributed by atoms with E-state index in [2.05, 4.69) is 53.9 Å². The molecule has 0 unspecified atom stereocenters. The smallest absolute Gasteiger partial charge is 0.224 e. The number of carbonyl (C=O) groups is 2. The monoisotopic (exact) mass is 654 g/mol. The van der Waals surface area contributed by atoms with Gasteiger partial charge in [0.05, 0.1) is 22.1 Å². The summed E-state index contributed by atoms with van der Waals surface area (Å²) in [6.45, 7) is 4.56. The molecule has 0 spiro atoms. The number of anilines is 3. The van der Waals surface area contributed by atoms with E-state index in [4.69, 9.17) is 0 Å². The minimum atomic E-state index is -3.46. The zero-order chi connectivity index (χ0) is 29.8. The van der Waals surface area contributed by atoms with E-state index < -0.39 is 10.0 Å². The topological polar surface area (TPSA) is 151 Å². The molecule has 3 rings (SSSR count). The molecule has 0 saturated carbocycles. The van der Waals surface area contributed by atoms with Crippen LogP contribution < -0.4 is 16.0 Å². The Morgan fingerprint density at radius 3 is 2.44 bits per heavy atom. The molecular formula is C27H43BrN8O4S. The highest BCUT2D eigenvalue weighted by Gasteiger charge is 2.28. The second kappa shape index (κ2) is 16.2. The van der Waals surface area contributed by atoms with E-state index in [0.717, 1.165) is 19.3 Å². The highest BCUT2D eigenvalue weighted by Crippen LogP contribution is 2.27. The summed E-state index contributed by atoms with van der Waals surface area (Å²) < 4.78 is 29.3. The van der Waals surface area contributed by atoms with E-state index in [-0.39, 0.29) is 30.0 Å². The summed E-state index contributed by atoms with van der Waals surface area (Å²) in [5.41, 5.74) is 0.976. The number of unbranched alkanes of at least 4 members (excludes halogenated alkanes) is 6. The van der Waals surface area contributed by atoms with E-state index in [1.165, 1.54) is 41.6 Å². The Labute approximate surface area is 251 Å². The number of halogens is 1. The summed E-state index contributed by atoms with van der Waals surface area (Å²) in [5.74, 6) is 0.570. The van der Waals surface area contributed by atoms with E-state index >= 15 is 0 Å². The molecule has 0 radical (unpaired) electrons. The summed E-state index contributed by atoms with van der Waals surface area (Å²) >= 11 is 3.44. The molecule has 2 aromatic rings. The third kappa shape index (κ3) is 10.3. The van der Waals surface area contributed by atoms with Gasteiger partial charge in [-0.1, -0.05) is 45.4 Å². The van der Waals surface area contributed by atoms with Crippen molar-refractivity contribution in [2.24, 2.45) is 7.05 Å². The average molecular weight is 656 g/mol. The number of piperidine rings is 1. The maximum Gasteiger partial charge on any atom is 0.224 e. The lowest BCUT2D eigenvalue weighted by Crippen LogP contribution is -2.45. The van der Waals surface area contributed by atoms with Gasteiger partial charge in [0.2, 0.25) is 21.9 Å². The fourth-order valence-corrected chi connectivity index (χ4v) is 6.51. The zero-order valence-corrected chi connectivity index (χ0v) is 26.7. The van der Waals surface area contributed by atoms with Gasteiger partial charge in [0.15, 0.2) is 5.78 Å². The van der Waals surface area contributed by atoms with Crippen LogP contribution in [0.3, 0.4) is 0 Å². The molecule has 1 aliphatic rings. The van der Waals surface area contributed by atoms with Gasteiger partial charge in [-0.05, 0) is 35.2 Å². The van der Waals surface area contributed by atoms with E-state index in [1.54, 1.807) is 19.4 Å². The number of Topliss-reactive ketones (excluding diaryl/α,β-unsaturated/α-hetero) is 1. The molecule has 0 aromatic carbocycles. The first kappa shape index (κ1) is 32.9. The normalized spacial score (nSPS) is 14.6. The quantitative estimate of drug-likeness (QED) is 0.167. The maximum atomic E-state index is 12.8. The molecule has 41 heavy (non-hydrogen) atoms. The third-order valence-electron chi connectivity index (χ3n) is 7.14. The van der Waals surface area contributed by atoms with Gasteiger partial charge < -0.3 is 16.0 Å². The first-order valence-electron chi connectivity index (χ1n) is 14.4. The summed E-state index contributed by atoms with van der Waals surface area (Å²) in [5, 5.41) is 13.3. The van der Waals surface area contributed by atoms with Crippen molar-refractivity contribution >= 4 is 55.1 Å². The highest BCUT2D eigenvalue weighted by atomic mass is 79.9. The Balaban J connectivity index is 1.41. The van der Waals surface area contributed by atoms with Gasteiger partial charge >= 0.3 is 0 Å². The van der Waals surface area contributed by atoms with Crippen LogP contribution in [0.4, 0.5) is 17.5 Å². The molecule has 2 aromatic heterocycles. The van der Waals surface area contributed by atoms with Gasteiger partial charge in [0.1, 0.15) is 11.5 Å². The van der Waals surface area contributed by atoms with Crippen molar-refractivity contribution in [3.05, 3.63) is 22.6 Å². The Kier molecular flexibility index (Phi) is 13.0. The van der Waals surface area contributed by atoms with Crippen molar-refractivity contribution in [1.29, 1.82) is 0 Å². The summed E-state index contributed by atoms with van der Waals surface area (Å²) in [4.78, 5) is 33.0. The number of amides is 1. The van der Waals surface area contributed by atoms with Crippen LogP contribution in [0.2, 0.25) is 0 Å². The van der Waals surface area contributed by atoms with Crippen LogP contribution in [0, 0.1) is 0 Å². The second-order valence-corrected chi connectivity index (χ2v) is 13.4. The Morgan fingerprint density at radius 1 is 1.07 bits per heavy atom. The second-order valence-electron chi connectivity index (χ2n) is 10.5. The van der Waals surface area contributed by atoms with Gasteiger partial charge in [0.25, 0.3) is 0 Å². The largest absolute Gasteiger partial charge is 0.355 e. The number of rotatable bonds is 17. The molecule has 3 heterocycles. The van der Waals surface area contributed by atoms with Crippen LogP contribution in [0.1, 0.15) is 88.5 Å². The van der Waals surface area contributed by atoms with Crippen LogP contribution in [0.5, 0.6) is 0 Å². The molecule has 0 aliphatic carbocycles. The molecule has 1 saturated heterocycles. The molecule has 0 bridgehead atoms. The number of hydrogen-bond donors (Lipinski definition) is 3. The number of sulfonamides is 1. The number of nitrogens with one attached hydrogen (secondary N) is 3. The van der Waals surface area contributed by atoms with E-state index in [1.807, 2.05) is 0 Å². The van der Waals surface area contributed by atoms with Gasteiger partial charge in [-0.3, -0.25) is 14.3 Å². The number of hydrogen-bond acceptors (Lipinski definition) is 9. The molecule has 228 valence electrons. The fraction of sp³-hybridized carbons (Fsp3) is 0.667. The van der Waals surface area contributed by atoms with Crippen molar-refractivity contribution in [1.82, 2.24) is 29.4 Å². The first-order valence-corrected chi connectivity index (χ1v) is 16.8. The molecule has 0 atom stereocenters. The fourth-order valence-electron chi connectivity index (χ4n) is 4.84. The SMILES string of the molecule is CCCCCCCCCC(=O)NCCS(=O)(=O)N1CCC(Nc2ncc(Br)c(Nc3cnn(C)c3C(C)=O)n2)CC1. The van der Waals surface area contributed by atoms with Crippen molar-refractivity contribution in [3.8, 4) is 0 Å². The van der Waals surface area contributed by atoms with Crippen LogP contribution in [-0.2, 0) is 21.9 Å². The lowest BCUT2D eigenvalue weighted by molar-refractivity contribution is -0.121. The van der Waals surface area contributed by atoms with Crippen molar-refractivity contribution in [2.75, 3.05) is 36.0 Å². The number of ketones is 1. The van der Waals surface area contributed by atoms with Crippen LogP contribution in [-0.4, -0.2) is 75.6 Å². The lowest BCUT2D eigenvalue weighted by atomic mass is 10.1. The summed E-state index contributed by atoms with van der Waals surface area (Å²) in [6, 6.07) is 0.00308. The van der Waals surface area contributed by atoms with E-state index in [9.17, 15) is 18.0 Å². The molecule has 1 amide bonds. The zero-order valence-electron chi connectivity index (χ0n) is 24.3. The molecule has 1 aliphatic heterocycles.